The van der Waals surface area contributed by atoms with E-state index in [1.807, 2.05) is 39.8 Å². The van der Waals surface area contributed by atoms with Crippen molar-refractivity contribution in [3.63, 3.8) is 0 Å². The number of nitrogens with one attached hydrogen (secondary N) is 1. The smallest absolute Gasteiger partial charge is 0.307 e. The van der Waals surface area contributed by atoms with Crippen molar-refractivity contribution in [2.45, 2.75) is 40.5 Å². The Morgan fingerprint density at radius 3 is 2.04 bits per heavy atom. The highest BCUT2D eigenvalue weighted by atomic mass is 16.4. The normalized spacial score (nSPS) is 28.1. The van der Waals surface area contributed by atoms with E-state index in [-0.39, 0.29) is 17.7 Å². The van der Waals surface area contributed by atoms with Gasteiger partial charge in [-0.2, -0.15) is 0 Å². The molecule has 2 saturated carbocycles. The zero-order chi connectivity index (χ0) is 17.6. The molecule has 2 aliphatic carbocycles. The highest BCUT2D eigenvalue weighted by molar-refractivity contribution is 5.96. The van der Waals surface area contributed by atoms with Gasteiger partial charge in [-0.3, -0.25) is 9.59 Å². The van der Waals surface area contributed by atoms with Crippen molar-refractivity contribution in [1.82, 2.24) is 0 Å². The summed E-state index contributed by atoms with van der Waals surface area (Å²) in [5, 5.41) is 12.7. The number of fused-ring (bicyclic) bond motifs is 2. The molecular weight excluding hydrogens is 302 g/mol. The summed E-state index contributed by atoms with van der Waals surface area (Å²) >= 11 is 0. The summed E-state index contributed by atoms with van der Waals surface area (Å²) in [6, 6.07) is 5.90. The molecule has 3 rings (SSSR count). The van der Waals surface area contributed by atoms with Crippen LogP contribution in [-0.4, -0.2) is 17.0 Å². The maximum Gasteiger partial charge on any atom is 0.307 e. The van der Waals surface area contributed by atoms with Crippen LogP contribution in [0.2, 0.25) is 0 Å². The molecular formula is C20H25NO3. The summed E-state index contributed by atoms with van der Waals surface area (Å²) < 4.78 is 0. The molecule has 1 aromatic carbocycles. The largest absolute Gasteiger partial charge is 0.481 e. The number of carbonyl (C=O) groups excluding carboxylic acids is 1. The van der Waals surface area contributed by atoms with Gasteiger partial charge in [0.25, 0.3) is 0 Å². The minimum Gasteiger partial charge on any atom is -0.481 e. The Morgan fingerprint density at radius 2 is 1.54 bits per heavy atom. The average molecular weight is 327 g/mol. The van der Waals surface area contributed by atoms with E-state index in [0.29, 0.717) is 0 Å². The first kappa shape index (κ1) is 16.7. The second-order valence-electron chi connectivity index (χ2n) is 7.50. The van der Waals surface area contributed by atoms with Gasteiger partial charge < -0.3 is 10.4 Å². The SMILES string of the molecule is CC(C)=C1[C@H]2CC[C@@H]1[C@@H](C(=O)Nc1cc(C)cc(C)c1)[C@H]2C(=O)O. The number of benzene rings is 1. The second-order valence-corrected chi connectivity index (χ2v) is 7.50. The molecule has 1 amide bonds. The molecule has 128 valence electrons. The highest BCUT2D eigenvalue weighted by Crippen LogP contribution is 2.57. The van der Waals surface area contributed by atoms with E-state index in [1.165, 1.54) is 11.1 Å². The quantitative estimate of drug-likeness (QED) is 0.827. The van der Waals surface area contributed by atoms with Crippen LogP contribution in [0.15, 0.2) is 29.3 Å². The first-order chi connectivity index (χ1) is 11.3. The first-order valence-electron chi connectivity index (χ1n) is 8.59. The number of hydrogen-bond acceptors (Lipinski definition) is 2. The monoisotopic (exact) mass is 327 g/mol. The molecule has 4 nitrogen and oxygen atoms in total. The van der Waals surface area contributed by atoms with Crippen molar-refractivity contribution in [1.29, 1.82) is 0 Å². The van der Waals surface area contributed by atoms with Crippen molar-refractivity contribution < 1.29 is 14.7 Å². The Balaban J connectivity index is 1.91. The number of carbonyl (C=O) groups is 2. The van der Waals surface area contributed by atoms with E-state index < -0.39 is 17.8 Å². The van der Waals surface area contributed by atoms with Crippen molar-refractivity contribution in [2.24, 2.45) is 23.7 Å². The zero-order valence-electron chi connectivity index (χ0n) is 14.7. The van der Waals surface area contributed by atoms with Gasteiger partial charge in [-0.15, -0.1) is 0 Å². The van der Waals surface area contributed by atoms with Gasteiger partial charge in [0.15, 0.2) is 0 Å². The lowest BCUT2D eigenvalue weighted by atomic mass is 9.78. The fourth-order valence-electron chi connectivity index (χ4n) is 4.88. The summed E-state index contributed by atoms with van der Waals surface area (Å²) in [5.41, 5.74) is 5.30. The summed E-state index contributed by atoms with van der Waals surface area (Å²) in [7, 11) is 0. The molecule has 0 aliphatic heterocycles. The maximum atomic E-state index is 12.9. The van der Waals surface area contributed by atoms with Gasteiger partial charge in [0.05, 0.1) is 11.8 Å². The number of aliphatic carboxylic acids is 1. The third kappa shape index (κ3) is 2.74. The van der Waals surface area contributed by atoms with E-state index in [1.54, 1.807) is 0 Å². The van der Waals surface area contributed by atoms with Gasteiger partial charge >= 0.3 is 5.97 Å². The van der Waals surface area contributed by atoms with Crippen LogP contribution < -0.4 is 5.32 Å². The van der Waals surface area contributed by atoms with Crippen molar-refractivity contribution in [3.05, 3.63) is 40.5 Å². The van der Waals surface area contributed by atoms with Crippen LogP contribution in [0.5, 0.6) is 0 Å². The number of carboxylic acid groups (broad SMARTS) is 1. The molecule has 2 N–H and O–H groups in total. The Bertz CT molecular complexity index is 710. The number of anilines is 1. The van der Waals surface area contributed by atoms with Gasteiger partial charge in [-0.1, -0.05) is 17.2 Å². The molecule has 0 unspecified atom stereocenters. The number of carboxylic acids is 1. The molecule has 0 aromatic heterocycles. The lowest BCUT2D eigenvalue weighted by molar-refractivity contribution is -0.148. The van der Waals surface area contributed by atoms with Gasteiger partial charge in [0.1, 0.15) is 0 Å². The molecule has 0 heterocycles. The number of hydrogen-bond donors (Lipinski definition) is 2. The van der Waals surface area contributed by atoms with Crippen LogP contribution in [0.3, 0.4) is 0 Å². The number of amides is 1. The third-order valence-electron chi connectivity index (χ3n) is 5.50. The lowest BCUT2D eigenvalue weighted by Crippen LogP contribution is -2.37. The standard InChI is InChI=1S/C20H25NO3/c1-10(2)16-14-5-6-15(16)18(20(23)24)17(14)19(22)21-13-8-11(3)7-12(4)9-13/h7-9,14-15,17-18H,5-6H2,1-4H3,(H,21,22)(H,23,24)/t14-,15+,17+,18-/m0/s1. The van der Waals surface area contributed by atoms with Gasteiger partial charge in [0.2, 0.25) is 5.91 Å². The molecule has 2 fully saturated rings. The summed E-state index contributed by atoms with van der Waals surface area (Å²) in [6.07, 6.45) is 1.80. The number of allylic oxidation sites excluding steroid dienone is 2. The average Bonchev–Trinajstić information content (AvgIpc) is 3.01. The molecule has 1 aromatic rings. The van der Waals surface area contributed by atoms with Gasteiger partial charge in [-0.05, 0) is 75.6 Å². The number of aryl methyl sites for hydroxylation is 2. The maximum absolute atomic E-state index is 12.9. The Hall–Kier alpha value is -2.10. The number of rotatable bonds is 3. The third-order valence-corrected chi connectivity index (χ3v) is 5.50. The van der Waals surface area contributed by atoms with Gasteiger partial charge in [0, 0.05) is 5.69 Å². The molecule has 4 atom stereocenters. The molecule has 0 radical (unpaired) electrons. The van der Waals surface area contributed by atoms with Crippen molar-refractivity contribution in [3.8, 4) is 0 Å². The molecule has 2 bridgehead atoms. The Labute approximate surface area is 143 Å². The van der Waals surface area contributed by atoms with E-state index >= 15 is 0 Å². The first-order valence-corrected chi connectivity index (χ1v) is 8.59. The van der Waals surface area contributed by atoms with Gasteiger partial charge in [-0.25, -0.2) is 0 Å². The molecule has 2 aliphatic rings. The predicted octanol–water partition coefficient (Wildman–Crippen LogP) is 3.94. The topological polar surface area (TPSA) is 66.4 Å². The molecule has 4 heteroatoms. The zero-order valence-corrected chi connectivity index (χ0v) is 14.7. The van der Waals surface area contributed by atoms with E-state index in [9.17, 15) is 14.7 Å². The second kappa shape index (κ2) is 6.08. The van der Waals surface area contributed by atoms with E-state index in [2.05, 4.69) is 11.4 Å². The van der Waals surface area contributed by atoms with Crippen LogP contribution in [-0.2, 0) is 9.59 Å². The van der Waals surface area contributed by atoms with Crippen LogP contribution in [0.25, 0.3) is 0 Å². The lowest BCUT2D eigenvalue weighted by Gasteiger charge is -2.26. The van der Waals surface area contributed by atoms with E-state index in [4.69, 9.17) is 0 Å². The Kier molecular flexibility index (Phi) is 4.24. The van der Waals surface area contributed by atoms with Crippen molar-refractivity contribution >= 4 is 17.6 Å². The van der Waals surface area contributed by atoms with Crippen LogP contribution in [0.1, 0.15) is 37.8 Å². The minimum atomic E-state index is -0.846. The Morgan fingerprint density at radius 1 is 1.00 bits per heavy atom. The molecule has 0 spiro atoms. The molecule has 0 saturated heterocycles. The van der Waals surface area contributed by atoms with Crippen molar-refractivity contribution in [2.75, 3.05) is 5.32 Å². The van der Waals surface area contributed by atoms with E-state index in [0.717, 1.165) is 29.7 Å². The van der Waals surface area contributed by atoms with Crippen LogP contribution in [0.4, 0.5) is 5.69 Å². The highest BCUT2D eigenvalue weighted by Gasteiger charge is 2.57. The summed E-state index contributed by atoms with van der Waals surface area (Å²) in [4.78, 5) is 24.7. The van der Waals surface area contributed by atoms with Crippen LogP contribution >= 0.6 is 0 Å². The molecule has 24 heavy (non-hydrogen) atoms. The summed E-state index contributed by atoms with van der Waals surface area (Å²) in [6.45, 7) is 8.04. The minimum absolute atomic E-state index is 0.0208. The predicted molar refractivity (Wildman–Crippen MR) is 93.7 cm³/mol. The fraction of sp³-hybridized carbons (Fsp3) is 0.500. The summed E-state index contributed by atoms with van der Waals surface area (Å²) in [5.74, 6) is -1.97. The fourth-order valence-corrected chi connectivity index (χ4v) is 4.88. The van der Waals surface area contributed by atoms with Crippen LogP contribution in [0, 0.1) is 37.5 Å².